The highest BCUT2D eigenvalue weighted by Crippen LogP contribution is 2.12. The third-order valence-electron chi connectivity index (χ3n) is 1.37. The SMILES string of the molecule is O=C(O)C1=C(C(=O)O)COC=C1. The van der Waals surface area contributed by atoms with Crippen LogP contribution < -0.4 is 0 Å². The molecule has 0 saturated carbocycles. The number of carbonyl (C=O) groups is 2. The van der Waals surface area contributed by atoms with E-state index in [-0.39, 0.29) is 17.8 Å². The highest BCUT2D eigenvalue weighted by molar-refractivity contribution is 6.01. The van der Waals surface area contributed by atoms with E-state index in [0.29, 0.717) is 0 Å². The Kier molecular flexibility index (Phi) is 2.14. The number of rotatable bonds is 2. The normalized spacial score (nSPS) is 15.7. The second-order valence-corrected chi connectivity index (χ2v) is 2.12. The van der Waals surface area contributed by atoms with Gasteiger partial charge in [-0.05, 0) is 6.08 Å². The fraction of sp³-hybridized carbons (Fsp3) is 0.143. The quantitative estimate of drug-likeness (QED) is 0.609. The van der Waals surface area contributed by atoms with Crippen LogP contribution in [-0.4, -0.2) is 28.8 Å². The summed E-state index contributed by atoms with van der Waals surface area (Å²) in [4.78, 5) is 20.9. The van der Waals surface area contributed by atoms with Crippen LogP contribution in [0.1, 0.15) is 0 Å². The van der Waals surface area contributed by atoms with Crippen LogP contribution in [0.2, 0.25) is 0 Å². The van der Waals surface area contributed by atoms with Crippen LogP contribution in [0.5, 0.6) is 0 Å². The lowest BCUT2D eigenvalue weighted by Gasteiger charge is -2.09. The summed E-state index contributed by atoms with van der Waals surface area (Å²) < 4.78 is 4.64. The van der Waals surface area contributed by atoms with Crippen LogP contribution in [0.4, 0.5) is 0 Å². The molecule has 0 aromatic rings. The summed E-state index contributed by atoms with van der Waals surface area (Å²) in [5, 5.41) is 17.1. The molecule has 0 aromatic carbocycles. The number of ether oxygens (including phenoxy) is 1. The smallest absolute Gasteiger partial charge is 0.336 e. The van der Waals surface area contributed by atoms with Gasteiger partial charge in [0.25, 0.3) is 0 Å². The number of carboxylic acids is 2. The minimum Gasteiger partial charge on any atom is -0.496 e. The maximum atomic E-state index is 10.4. The summed E-state index contributed by atoms with van der Waals surface area (Å²) >= 11 is 0. The first-order valence-electron chi connectivity index (χ1n) is 3.11. The first kappa shape index (κ1) is 8.32. The lowest BCUT2D eigenvalue weighted by molar-refractivity contribution is -0.136. The molecule has 0 fully saturated rings. The Morgan fingerprint density at radius 2 is 2.00 bits per heavy atom. The molecule has 0 bridgehead atoms. The van der Waals surface area contributed by atoms with Crippen LogP contribution in [0.15, 0.2) is 23.5 Å². The molecule has 12 heavy (non-hydrogen) atoms. The number of carboxylic acid groups (broad SMARTS) is 2. The molecule has 1 aliphatic heterocycles. The van der Waals surface area contributed by atoms with Gasteiger partial charge in [0, 0.05) is 0 Å². The zero-order valence-electron chi connectivity index (χ0n) is 5.98. The highest BCUT2D eigenvalue weighted by Gasteiger charge is 2.20. The molecule has 5 heteroatoms. The molecule has 0 amide bonds. The highest BCUT2D eigenvalue weighted by atomic mass is 16.5. The van der Waals surface area contributed by atoms with E-state index in [1.807, 2.05) is 0 Å². The predicted molar refractivity (Wildman–Crippen MR) is 37.4 cm³/mol. The zero-order chi connectivity index (χ0) is 9.14. The molecular formula is C7H6O5. The van der Waals surface area contributed by atoms with Gasteiger partial charge >= 0.3 is 11.9 Å². The Bertz CT molecular complexity index is 286. The van der Waals surface area contributed by atoms with E-state index >= 15 is 0 Å². The molecule has 0 atom stereocenters. The van der Waals surface area contributed by atoms with Crippen LogP contribution in [0.3, 0.4) is 0 Å². The van der Waals surface area contributed by atoms with Gasteiger partial charge in [0.15, 0.2) is 0 Å². The molecule has 1 aliphatic rings. The molecule has 2 N–H and O–H groups in total. The largest absolute Gasteiger partial charge is 0.496 e. The van der Waals surface area contributed by atoms with Crippen LogP contribution in [-0.2, 0) is 14.3 Å². The van der Waals surface area contributed by atoms with Crippen molar-refractivity contribution in [2.24, 2.45) is 0 Å². The molecule has 0 radical (unpaired) electrons. The second-order valence-electron chi connectivity index (χ2n) is 2.12. The molecule has 1 rings (SSSR count). The third kappa shape index (κ3) is 1.45. The fourth-order valence-electron chi connectivity index (χ4n) is 0.803. The van der Waals surface area contributed by atoms with Gasteiger partial charge in [-0.1, -0.05) is 0 Å². The van der Waals surface area contributed by atoms with E-state index in [9.17, 15) is 9.59 Å². The van der Waals surface area contributed by atoms with Crippen molar-refractivity contribution in [1.82, 2.24) is 0 Å². The zero-order valence-corrected chi connectivity index (χ0v) is 5.98. The summed E-state index contributed by atoms with van der Waals surface area (Å²) in [5.41, 5.74) is -0.459. The van der Waals surface area contributed by atoms with Gasteiger partial charge in [0.1, 0.15) is 6.61 Å². The molecule has 0 aliphatic carbocycles. The van der Waals surface area contributed by atoms with E-state index < -0.39 is 11.9 Å². The predicted octanol–water partition coefficient (Wildman–Crippen LogP) is -0.00390. The monoisotopic (exact) mass is 170 g/mol. The Morgan fingerprint density at radius 1 is 1.33 bits per heavy atom. The van der Waals surface area contributed by atoms with Crippen molar-refractivity contribution in [3.63, 3.8) is 0 Å². The Balaban J connectivity index is 3.08. The summed E-state index contributed by atoms with van der Waals surface area (Å²) in [6, 6.07) is 0. The first-order valence-corrected chi connectivity index (χ1v) is 3.11. The summed E-state index contributed by atoms with van der Waals surface area (Å²) in [6.45, 7) is -0.201. The minimum absolute atomic E-state index is 0.201. The number of hydrogen-bond donors (Lipinski definition) is 2. The molecule has 5 nitrogen and oxygen atoms in total. The number of hydrogen-bond acceptors (Lipinski definition) is 3. The van der Waals surface area contributed by atoms with Gasteiger partial charge in [-0.2, -0.15) is 0 Å². The van der Waals surface area contributed by atoms with Crippen LogP contribution >= 0.6 is 0 Å². The Hall–Kier alpha value is -1.78. The molecule has 0 spiro atoms. The lowest BCUT2D eigenvalue weighted by atomic mass is 10.1. The Labute approximate surface area is 67.6 Å². The average Bonchev–Trinajstić information content (AvgIpc) is 2.04. The maximum Gasteiger partial charge on any atom is 0.336 e. The van der Waals surface area contributed by atoms with Crippen molar-refractivity contribution in [1.29, 1.82) is 0 Å². The summed E-state index contributed by atoms with van der Waals surface area (Å²) in [7, 11) is 0. The summed E-state index contributed by atoms with van der Waals surface area (Å²) in [5.74, 6) is -2.52. The van der Waals surface area contributed by atoms with Gasteiger partial charge in [0.2, 0.25) is 0 Å². The lowest BCUT2D eigenvalue weighted by Crippen LogP contribution is -2.16. The topological polar surface area (TPSA) is 83.8 Å². The van der Waals surface area contributed by atoms with E-state index in [1.54, 1.807) is 0 Å². The van der Waals surface area contributed by atoms with Crippen molar-refractivity contribution in [2.45, 2.75) is 0 Å². The second kappa shape index (κ2) is 3.08. The third-order valence-corrected chi connectivity index (χ3v) is 1.37. The molecule has 0 unspecified atom stereocenters. The van der Waals surface area contributed by atoms with Crippen molar-refractivity contribution < 1.29 is 24.5 Å². The van der Waals surface area contributed by atoms with E-state index in [4.69, 9.17) is 10.2 Å². The molecular weight excluding hydrogens is 164 g/mol. The van der Waals surface area contributed by atoms with Crippen molar-refractivity contribution in [3.05, 3.63) is 23.5 Å². The van der Waals surface area contributed by atoms with Crippen molar-refractivity contribution in [2.75, 3.05) is 6.61 Å². The van der Waals surface area contributed by atoms with Gasteiger partial charge in [0.05, 0.1) is 17.4 Å². The average molecular weight is 170 g/mol. The molecule has 64 valence electrons. The van der Waals surface area contributed by atoms with E-state index in [1.165, 1.54) is 0 Å². The fourth-order valence-corrected chi connectivity index (χ4v) is 0.803. The standard InChI is InChI=1S/C7H6O5/c8-6(9)4-1-2-12-3-5(4)7(10)11/h1-2H,3H2,(H,8,9)(H,10,11). The Morgan fingerprint density at radius 3 is 2.42 bits per heavy atom. The maximum absolute atomic E-state index is 10.4. The van der Waals surface area contributed by atoms with Gasteiger partial charge in [-0.3, -0.25) is 0 Å². The van der Waals surface area contributed by atoms with Crippen molar-refractivity contribution >= 4 is 11.9 Å². The van der Waals surface area contributed by atoms with Gasteiger partial charge in [-0.15, -0.1) is 0 Å². The molecule has 0 aromatic heterocycles. The minimum atomic E-state index is -1.27. The van der Waals surface area contributed by atoms with Crippen molar-refractivity contribution in [3.8, 4) is 0 Å². The van der Waals surface area contributed by atoms with Crippen LogP contribution in [0, 0.1) is 0 Å². The van der Waals surface area contributed by atoms with Crippen LogP contribution in [0.25, 0.3) is 0 Å². The van der Waals surface area contributed by atoms with E-state index in [0.717, 1.165) is 12.3 Å². The first-order chi connectivity index (χ1) is 5.63. The van der Waals surface area contributed by atoms with Gasteiger partial charge < -0.3 is 14.9 Å². The molecule has 1 heterocycles. The number of aliphatic carboxylic acids is 2. The van der Waals surface area contributed by atoms with Gasteiger partial charge in [-0.25, -0.2) is 9.59 Å². The van der Waals surface area contributed by atoms with E-state index in [2.05, 4.69) is 4.74 Å². The molecule has 0 saturated heterocycles. The summed E-state index contributed by atoms with van der Waals surface area (Å²) in [6.07, 6.45) is 2.28.